The van der Waals surface area contributed by atoms with Crippen molar-refractivity contribution in [3.05, 3.63) is 71.8 Å². The third-order valence-corrected chi connectivity index (χ3v) is 5.08. The quantitative estimate of drug-likeness (QED) is 0.276. The van der Waals surface area contributed by atoms with E-state index < -0.39 is 0 Å². The van der Waals surface area contributed by atoms with Crippen LogP contribution in [0.3, 0.4) is 0 Å². The first-order valence-electron chi connectivity index (χ1n) is 9.71. The molecule has 0 N–H and O–H groups in total. The van der Waals surface area contributed by atoms with Crippen LogP contribution in [-0.2, 0) is 6.42 Å². The van der Waals surface area contributed by atoms with Crippen molar-refractivity contribution in [2.75, 3.05) is 11.9 Å². The molecule has 0 amide bonds. The van der Waals surface area contributed by atoms with Gasteiger partial charge in [0.1, 0.15) is 5.75 Å². The van der Waals surface area contributed by atoms with Crippen molar-refractivity contribution in [2.24, 2.45) is 5.92 Å². The summed E-state index contributed by atoms with van der Waals surface area (Å²) in [5.74, 6) is 1.58. The van der Waals surface area contributed by atoms with Crippen molar-refractivity contribution in [2.45, 2.75) is 46.0 Å². The minimum atomic E-state index is 0.570. The van der Waals surface area contributed by atoms with E-state index in [1.165, 1.54) is 29.5 Å². The first-order chi connectivity index (χ1) is 12.7. The Bertz CT molecular complexity index is 663. The van der Waals surface area contributed by atoms with Crippen LogP contribution >= 0.6 is 15.9 Å². The van der Waals surface area contributed by atoms with Gasteiger partial charge in [0.2, 0.25) is 0 Å². The van der Waals surface area contributed by atoms with Gasteiger partial charge >= 0.3 is 0 Å². The molecule has 2 aromatic carbocycles. The molecule has 0 saturated heterocycles. The molecule has 1 atom stereocenters. The minimum Gasteiger partial charge on any atom is -0.493 e. The Kier molecular flexibility index (Phi) is 9.55. The highest BCUT2D eigenvalue weighted by Gasteiger charge is 2.06. The first kappa shape index (κ1) is 20.8. The SMILES string of the molecule is C/C(=C/C(C)CCBr)c1ccccc1OCCCCCc1ccccc1. The maximum absolute atomic E-state index is 6.10. The van der Waals surface area contributed by atoms with Gasteiger partial charge in [0.25, 0.3) is 0 Å². The van der Waals surface area contributed by atoms with Crippen LogP contribution in [-0.4, -0.2) is 11.9 Å². The first-order valence-corrected chi connectivity index (χ1v) is 10.8. The predicted octanol–water partition coefficient (Wildman–Crippen LogP) is 7.30. The summed E-state index contributed by atoms with van der Waals surface area (Å²) >= 11 is 3.53. The highest BCUT2D eigenvalue weighted by atomic mass is 79.9. The summed E-state index contributed by atoms with van der Waals surface area (Å²) in [6, 6.07) is 19.1. The van der Waals surface area contributed by atoms with Crippen LogP contribution in [0.5, 0.6) is 5.75 Å². The normalized spacial score (nSPS) is 12.8. The molecule has 1 nitrogen and oxygen atoms in total. The average molecular weight is 415 g/mol. The molecule has 0 aliphatic heterocycles. The topological polar surface area (TPSA) is 9.23 Å². The summed E-state index contributed by atoms with van der Waals surface area (Å²) in [6.45, 7) is 5.24. The molecule has 0 radical (unpaired) electrons. The Morgan fingerprint density at radius 2 is 1.73 bits per heavy atom. The number of halogens is 1. The molecule has 0 saturated carbocycles. The van der Waals surface area contributed by atoms with Crippen LogP contribution in [0.15, 0.2) is 60.7 Å². The molecule has 0 bridgehead atoms. The summed E-state index contributed by atoms with van der Waals surface area (Å²) in [6.07, 6.45) is 8.19. The summed E-state index contributed by atoms with van der Waals surface area (Å²) in [7, 11) is 0. The molecule has 2 aromatic rings. The van der Waals surface area contributed by atoms with Crippen LogP contribution in [0, 0.1) is 5.92 Å². The number of para-hydroxylation sites is 1. The van der Waals surface area contributed by atoms with Crippen LogP contribution < -0.4 is 4.74 Å². The molecule has 0 aliphatic rings. The number of unbranched alkanes of at least 4 members (excludes halogenated alkanes) is 2. The Labute approximate surface area is 167 Å². The maximum atomic E-state index is 6.10. The van der Waals surface area contributed by atoms with Gasteiger partial charge in [-0.3, -0.25) is 0 Å². The van der Waals surface area contributed by atoms with Crippen molar-refractivity contribution in [1.29, 1.82) is 0 Å². The molecule has 26 heavy (non-hydrogen) atoms. The molecule has 2 rings (SSSR count). The summed E-state index contributed by atoms with van der Waals surface area (Å²) in [4.78, 5) is 0. The van der Waals surface area contributed by atoms with Gasteiger partial charge in [0, 0.05) is 10.9 Å². The number of allylic oxidation sites excluding steroid dienone is 2. The van der Waals surface area contributed by atoms with Crippen molar-refractivity contribution in [1.82, 2.24) is 0 Å². The molecule has 140 valence electrons. The third-order valence-electron chi connectivity index (χ3n) is 4.62. The lowest BCUT2D eigenvalue weighted by Gasteiger charge is -2.13. The third kappa shape index (κ3) is 7.37. The fraction of sp³-hybridized carbons (Fsp3) is 0.417. The zero-order valence-electron chi connectivity index (χ0n) is 16.1. The van der Waals surface area contributed by atoms with E-state index in [1.807, 2.05) is 0 Å². The van der Waals surface area contributed by atoms with Gasteiger partial charge in [0.05, 0.1) is 6.61 Å². The van der Waals surface area contributed by atoms with Crippen molar-refractivity contribution >= 4 is 21.5 Å². The van der Waals surface area contributed by atoms with E-state index in [1.54, 1.807) is 0 Å². The van der Waals surface area contributed by atoms with E-state index in [2.05, 4.69) is 90.5 Å². The lowest BCUT2D eigenvalue weighted by atomic mass is 10.00. The van der Waals surface area contributed by atoms with E-state index >= 15 is 0 Å². The molecule has 2 heteroatoms. The summed E-state index contributed by atoms with van der Waals surface area (Å²) in [5.41, 5.74) is 3.95. The maximum Gasteiger partial charge on any atom is 0.126 e. The number of hydrogen-bond donors (Lipinski definition) is 0. The van der Waals surface area contributed by atoms with Gasteiger partial charge in [-0.25, -0.2) is 0 Å². The summed E-state index contributed by atoms with van der Waals surface area (Å²) in [5, 5.41) is 1.04. The molecule has 0 aromatic heterocycles. The Morgan fingerprint density at radius 3 is 2.50 bits per heavy atom. The number of benzene rings is 2. The second kappa shape index (κ2) is 12.0. The number of aryl methyl sites for hydroxylation is 1. The van der Waals surface area contributed by atoms with Crippen LogP contribution in [0.1, 0.15) is 50.7 Å². The smallest absolute Gasteiger partial charge is 0.126 e. The molecule has 0 fully saturated rings. The number of alkyl halides is 1. The van der Waals surface area contributed by atoms with Gasteiger partial charge in [-0.2, -0.15) is 0 Å². The van der Waals surface area contributed by atoms with E-state index in [4.69, 9.17) is 4.74 Å². The van der Waals surface area contributed by atoms with Gasteiger partial charge in [-0.15, -0.1) is 0 Å². The Hall–Kier alpha value is -1.54. The molecule has 1 unspecified atom stereocenters. The van der Waals surface area contributed by atoms with Crippen LogP contribution in [0.4, 0.5) is 0 Å². The predicted molar refractivity (Wildman–Crippen MR) is 117 cm³/mol. The van der Waals surface area contributed by atoms with Gasteiger partial charge < -0.3 is 4.74 Å². The van der Waals surface area contributed by atoms with E-state index in [9.17, 15) is 0 Å². The molecule has 0 aliphatic carbocycles. The Morgan fingerprint density at radius 1 is 1.00 bits per heavy atom. The lowest BCUT2D eigenvalue weighted by molar-refractivity contribution is 0.304. The number of hydrogen-bond acceptors (Lipinski definition) is 1. The molecular formula is C24H31BrO. The number of ether oxygens (including phenoxy) is 1. The van der Waals surface area contributed by atoms with Crippen LogP contribution in [0.2, 0.25) is 0 Å². The zero-order chi connectivity index (χ0) is 18.6. The second-order valence-electron chi connectivity index (χ2n) is 6.95. The van der Waals surface area contributed by atoms with Crippen molar-refractivity contribution in [3.63, 3.8) is 0 Å². The fourth-order valence-corrected chi connectivity index (χ4v) is 3.85. The minimum absolute atomic E-state index is 0.570. The van der Waals surface area contributed by atoms with Crippen molar-refractivity contribution < 1.29 is 4.74 Å². The van der Waals surface area contributed by atoms with Crippen molar-refractivity contribution in [3.8, 4) is 5.75 Å². The second-order valence-corrected chi connectivity index (χ2v) is 7.74. The summed E-state index contributed by atoms with van der Waals surface area (Å²) < 4.78 is 6.10. The zero-order valence-corrected chi connectivity index (χ0v) is 17.7. The van der Waals surface area contributed by atoms with Gasteiger partial charge in [-0.1, -0.05) is 77.5 Å². The van der Waals surface area contributed by atoms with E-state index in [0.717, 1.165) is 36.9 Å². The fourth-order valence-electron chi connectivity index (χ4n) is 3.13. The highest BCUT2D eigenvalue weighted by molar-refractivity contribution is 9.09. The molecular weight excluding hydrogens is 384 g/mol. The largest absolute Gasteiger partial charge is 0.493 e. The Balaban J connectivity index is 1.79. The van der Waals surface area contributed by atoms with Gasteiger partial charge in [0.15, 0.2) is 0 Å². The van der Waals surface area contributed by atoms with Gasteiger partial charge in [-0.05, 0) is 62.1 Å². The average Bonchev–Trinajstić information content (AvgIpc) is 2.66. The lowest BCUT2D eigenvalue weighted by Crippen LogP contribution is -2.00. The number of rotatable bonds is 11. The van der Waals surface area contributed by atoms with E-state index in [0.29, 0.717) is 5.92 Å². The standard InChI is InChI=1S/C24H31BrO/c1-20(16-17-25)19-21(2)23-14-8-9-15-24(23)26-18-10-4-7-13-22-11-5-3-6-12-22/h3,5-6,8-9,11-12,14-15,19-20H,4,7,10,13,16-18H2,1-2H3/b21-19-. The monoisotopic (exact) mass is 414 g/mol. The van der Waals surface area contributed by atoms with E-state index in [-0.39, 0.29) is 0 Å². The highest BCUT2D eigenvalue weighted by Crippen LogP contribution is 2.27. The molecule has 0 spiro atoms. The van der Waals surface area contributed by atoms with Crippen LogP contribution in [0.25, 0.3) is 5.57 Å². The molecule has 0 heterocycles.